The summed E-state index contributed by atoms with van der Waals surface area (Å²) in [7, 11) is 1.41. The van der Waals surface area contributed by atoms with Crippen LogP contribution in [0.25, 0.3) is 0 Å². The highest BCUT2D eigenvalue weighted by atomic mass is 35.5. The molecular formula is C15H18ClNO3S. The number of nitrogens with one attached hydrogen (secondary N) is 1. The molecule has 0 aromatic heterocycles. The summed E-state index contributed by atoms with van der Waals surface area (Å²) in [5, 5.41) is 3.46. The number of anilines is 1. The van der Waals surface area contributed by atoms with Gasteiger partial charge >= 0.3 is 5.97 Å². The lowest BCUT2D eigenvalue weighted by Crippen LogP contribution is -2.17. The number of carbonyl (C=O) groups is 2. The van der Waals surface area contributed by atoms with Crippen LogP contribution in [0.1, 0.15) is 19.3 Å². The zero-order chi connectivity index (χ0) is 15.3. The molecule has 1 saturated carbocycles. The maximum Gasteiger partial charge on any atom is 0.306 e. The van der Waals surface area contributed by atoms with Gasteiger partial charge in [-0.05, 0) is 48.3 Å². The second-order valence-corrected chi connectivity index (χ2v) is 6.72. The van der Waals surface area contributed by atoms with E-state index in [2.05, 4.69) is 5.32 Å². The Morgan fingerprint density at radius 2 is 2.00 bits per heavy atom. The van der Waals surface area contributed by atoms with E-state index in [9.17, 15) is 9.59 Å². The highest BCUT2D eigenvalue weighted by Gasteiger charge is 2.44. The fourth-order valence-corrected chi connectivity index (χ4v) is 3.33. The van der Waals surface area contributed by atoms with E-state index in [0.717, 1.165) is 24.3 Å². The van der Waals surface area contributed by atoms with Crippen molar-refractivity contribution in [3.8, 4) is 0 Å². The molecule has 6 heteroatoms. The molecule has 0 aliphatic heterocycles. The Hall–Kier alpha value is -1.20. The summed E-state index contributed by atoms with van der Waals surface area (Å²) in [6.07, 6.45) is 2.52. The van der Waals surface area contributed by atoms with Crippen molar-refractivity contribution in [1.29, 1.82) is 0 Å². The summed E-state index contributed by atoms with van der Waals surface area (Å²) in [6.45, 7) is 0. The number of hydrogen-bond acceptors (Lipinski definition) is 4. The zero-order valence-electron chi connectivity index (χ0n) is 11.9. The van der Waals surface area contributed by atoms with Gasteiger partial charge in [-0.2, -0.15) is 11.8 Å². The van der Waals surface area contributed by atoms with Crippen molar-refractivity contribution in [2.75, 3.05) is 23.9 Å². The van der Waals surface area contributed by atoms with Gasteiger partial charge in [0.1, 0.15) is 0 Å². The number of rotatable bonds is 7. The fraction of sp³-hybridized carbons (Fsp3) is 0.467. The Kier molecular flexibility index (Phi) is 5.53. The predicted octanol–water partition coefficient (Wildman–Crippen LogP) is 3.36. The Bertz CT molecular complexity index is 514. The lowest BCUT2D eigenvalue weighted by Gasteiger charge is -2.13. The maximum absolute atomic E-state index is 11.8. The first-order valence-electron chi connectivity index (χ1n) is 6.73. The van der Waals surface area contributed by atoms with E-state index in [1.807, 2.05) is 0 Å². The molecule has 4 nitrogen and oxygen atoms in total. The molecule has 0 unspecified atom stereocenters. The van der Waals surface area contributed by atoms with E-state index >= 15 is 0 Å². The Balaban J connectivity index is 1.70. The third-order valence-corrected chi connectivity index (χ3v) is 5.01. The molecule has 0 bridgehead atoms. The van der Waals surface area contributed by atoms with Crippen molar-refractivity contribution in [3.63, 3.8) is 0 Å². The summed E-state index contributed by atoms with van der Waals surface area (Å²) >= 11 is 7.35. The van der Waals surface area contributed by atoms with Crippen LogP contribution in [0.2, 0.25) is 5.02 Å². The van der Waals surface area contributed by atoms with Gasteiger partial charge in [0, 0.05) is 10.7 Å². The molecule has 1 aliphatic carbocycles. The van der Waals surface area contributed by atoms with E-state index < -0.39 is 0 Å². The summed E-state index contributed by atoms with van der Waals surface area (Å²) < 4.78 is 4.70. The highest BCUT2D eigenvalue weighted by Crippen LogP contribution is 2.51. The van der Waals surface area contributed by atoms with Crippen LogP contribution in [0.5, 0.6) is 0 Å². The van der Waals surface area contributed by atoms with Gasteiger partial charge in [-0.3, -0.25) is 9.59 Å². The molecule has 1 aliphatic rings. The number of hydrogen-bond donors (Lipinski definition) is 1. The molecule has 1 amide bonds. The summed E-state index contributed by atoms with van der Waals surface area (Å²) in [5.41, 5.74) is 0.791. The molecule has 0 heterocycles. The van der Waals surface area contributed by atoms with Crippen molar-refractivity contribution in [3.05, 3.63) is 29.3 Å². The van der Waals surface area contributed by atoms with E-state index in [4.69, 9.17) is 16.3 Å². The highest BCUT2D eigenvalue weighted by molar-refractivity contribution is 8.00. The Morgan fingerprint density at radius 3 is 2.57 bits per heavy atom. The van der Waals surface area contributed by atoms with Gasteiger partial charge in [0.05, 0.1) is 19.3 Å². The van der Waals surface area contributed by atoms with Crippen LogP contribution >= 0.6 is 23.4 Å². The van der Waals surface area contributed by atoms with Crippen LogP contribution in [0, 0.1) is 5.41 Å². The zero-order valence-corrected chi connectivity index (χ0v) is 13.4. The predicted molar refractivity (Wildman–Crippen MR) is 85.7 cm³/mol. The third-order valence-electron chi connectivity index (χ3n) is 3.47. The van der Waals surface area contributed by atoms with Gasteiger partial charge < -0.3 is 10.1 Å². The minimum Gasteiger partial charge on any atom is -0.469 e. The minimum absolute atomic E-state index is 0.0452. The molecule has 2 rings (SSSR count). The first kappa shape index (κ1) is 16.2. The number of halogens is 1. The number of ether oxygens (including phenoxy) is 1. The van der Waals surface area contributed by atoms with Crippen molar-refractivity contribution in [2.24, 2.45) is 5.41 Å². The first-order chi connectivity index (χ1) is 10.0. The number of benzene rings is 1. The minimum atomic E-state index is -0.168. The molecule has 114 valence electrons. The summed E-state index contributed by atoms with van der Waals surface area (Å²) in [6, 6.07) is 7.01. The fourth-order valence-electron chi connectivity index (χ4n) is 2.02. The van der Waals surface area contributed by atoms with Crippen LogP contribution in [0.15, 0.2) is 24.3 Å². The van der Waals surface area contributed by atoms with E-state index in [-0.39, 0.29) is 17.3 Å². The second kappa shape index (κ2) is 7.18. The first-order valence-corrected chi connectivity index (χ1v) is 8.26. The number of carbonyl (C=O) groups excluding carboxylic acids is 2. The molecule has 1 fully saturated rings. The molecular weight excluding hydrogens is 310 g/mol. The molecule has 0 atom stereocenters. The van der Waals surface area contributed by atoms with E-state index in [0.29, 0.717) is 17.2 Å². The second-order valence-electron chi connectivity index (χ2n) is 5.30. The topological polar surface area (TPSA) is 55.4 Å². The summed E-state index contributed by atoms with van der Waals surface area (Å²) in [5.74, 6) is 0.983. The van der Waals surface area contributed by atoms with Crippen molar-refractivity contribution < 1.29 is 14.3 Å². The number of esters is 1. The van der Waals surface area contributed by atoms with Gasteiger partial charge in [0.2, 0.25) is 5.91 Å². The van der Waals surface area contributed by atoms with Gasteiger partial charge in [-0.25, -0.2) is 0 Å². The molecule has 0 radical (unpaired) electrons. The number of thioether (sulfide) groups is 1. The third kappa shape index (κ3) is 5.25. The standard InChI is InChI=1S/C15H18ClNO3S/c1-20-14(19)8-15(6-7-15)10-21-9-13(18)17-12-4-2-11(16)3-5-12/h2-5H,6-10H2,1H3,(H,17,18). The lowest BCUT2D eigenvalue weighted by atomic mass is 10.1. The van der Waals surface area contributed by atoms with Crippen LogP contribution in [0.3, 0.4) is 0 Å². The van der Waals surface area contributed by atoms with Crippen LogP contribution in [-0.4, -0.2) is 30.5 Å². The average Bonchev–Trinajstić information content (AvgIpc) is 3.21. The summed E-state index contributed by atoms with van der Waals surface area (Å²) in [4.78, 5) is 23.1. The monoisotopic (exact) mass is 327 g/mol. The van der Waals surface area contributed by atoms with Crippen LogP contribution < -0.4 is 5.32 Å². The Labute approximate surface area is 133 Å². The van der Waals surface area contributed by atoms with Crippen LogP contribution in [0.4, 0.5) is 5.69 Å². The van der Waals surface area contributed by atoms with Gasteiger partial charge in [0.15, 0.2) is 0 Å². The molecule has 1 aromatic rings. The van der Waals surface area contributed by atoms with E-state index in [1.54, 1.807) is 36.0 Å². The van der Waals surface area contributed by atoms with Crippen molar-refractivity contribution in [2.45, 2.75) is 19.3 Å². The molecule has 21 heavy (non-hydrogen) atoms. The maximum atomic E-state index is 11.8. The molecule has 1 aromatic carbocycles. The average molecular weight is 328 g/mol. The van der Waals surface area contributed by atoms with Crippen molar-refractivity contribution in [1.82, 2.24) is 0 Å². The largest absolute Gasteiger partial charge is 0.469 e. The van der Waals surface area contributed by atoms with Crippen molar-refractivity contribution >= 4 is 40.9 Å². The SMILES string of the molecule is COC(=O)CC1(CSCC(=O)Nc2ccc(Cl)cc2)CC1. The smallest absolute Gasteiger partial charge is 0.306 e. The Morgan fingerprint density at radius 1 is 1.33 bits per heavy atom. The lowest BCUT2D eigenvalue weighted by molar-refractivity contribution is -0.141. The van der Waals surface area contributed by atoms with Crippen LogP contribution in [-0.2, 0) is 14.3 Å². The quantitative estimate of drug-likeness (QED) is 0.780. The number of amides is 1. The normalized spacial score (nSPS) is 15.3. The van der Waals surface area contributed by atoms with Gasteiger partial charge in [0.25, 0.3) is 0 Å². The van der Waals surface area contributed by atoms with Gasteiger partial charge in [-0.15, -0.1) is 0 Å². The number of methoxy groups -OCH3 is 1. The van der Waals surface area contributed by atoms with E-state index in [1.165, 1.54) is 7.11 Å². The van der Waals surface area contributed by atoms with Gasteiger partial charge in [-0.1, -0.05) is 11.6 Å². The molecule has 0 saturated heterocycles. The molecule has 1 N–H and O–H groups in total. The molecule has 0 spiro atoms.